The summed E-state index contributed by atoms with van der Waals surface area (Å²) in [5, 5.41) is 7.55. The lowest BCUT2D eigenvalue weighted by atomic mass is 10.3. The largest absolute Gasteiger partial charge is 0.369 e. The number of hydrogen-bond donors (Lipinski definition) is 2. The van der Waals surface area contributed by atoms with Crippen molar-refractivity contribution in [2.45, 2.75) is 20.3 Å². The highest BCUT2D eigenvalue weighted by Gasteiger charge is 2.10. The Hall–Kier alpha value is -1.21. The van der Waals surface area contributed by atoms with Crippen molar-refractivity contribution in [1.82, 2.24) is 9.97 Å². The number of rotatable bonds is 7. The maximum Gasteiger partial charge on any atom is 0.226 e. The van der Waals surface area contributed by atoms with Gasteiger partial charge in [0, 0.05) is 40.8 Å². The minimum absolute atomic E-state index is 0.656. The molecule has 0 aromatic carbocycles. The standard InChI is InChI=1S/C13H20N4OS2/c1-4-14-13-16-11(15-6-5-7-20(3)18)10-8-9(2)19-12(10)17-13/h8H,4-7H2,1-3H3,(H2,14,15,16,17). The van der Waals surface area contributed by atoms with Crippen LogP contribution in [0.3, 0.4) is 0 Å². The Bertz CT molecular complexity index is 612. The molecular weight excluding hydrogens is 292 g/mol. The molecule has 20 heavy (non-hydrogen) atoms. The van der Waals surface area contributed by atoms with Crippen LogP contribution in [0.2, 0.25) is 0 Å². The fraction of sp³-hybridized carbons (Fsp3) is 0.538. The lowest BCUT2D eigenvalue weighted by Crippen LogP contribution is -2.09. The average molecular weight is 312 g/mol. The third-order valence-corrected chi connectivity index (χ3v) is 4.56. The molecule has 110 valence electrons. The first-order valence-corrected chi connectivity index (χ1v) is 9.20. The lowest BCUT2D eigenvalue weighted by Gasteiger charge is -2.08. The van der Waals surface area contributed by atoms with Crippen LogP contribution in [-0.4, -0.2) is 39.3 Å². The first-order valence-electron chi connectivity index (χ1n) is 6.66. The van der Waals surface area contributed by atoms with Crippen molar-refractivity contribution in [3.63, 3.8) is 0 Å². The average Bonchev–Trinajstić information content (AvgIpc) is 2.75. The zero-order valence-electron chi connectivity index (χ0n) is 12.0. The van der Waals surface area contributed by atoms with Crippen molar-refractivity contribution in [3.05, 3.63) is 10.9 Å². The molecule has 5 nitrogen and oxygen atoms in total. The maximum absolute atomic E-state index is 11.1. The van der Waals surface area contributed by atoms with Gasteiger partial charge in [-0.15, -0.1) is 11.3 Å². The van der Waals surface area contributed by atoms with Crippen LogP contribution in [0.1, 0.15) is 18.2 Å². The molecule has 0 saturated carbocycles. The highest BCUT2D eigenvalue weighted by atomic mass is 32.2. The van der Waals surface area contributed by atoms with Gasteiger partial charge in [0.25, 0.3) is 0 Å². The summed E-state index contributed by atoms with van der Waals surface area (Å²) in [6.45, 7) is 5.66. The van der Waals surface area contributed by atoms with Crippen LogP contribution in [-0.2, 0) is 10.8 Å². The summed E-state index contributed by atoms with van der Waals surface area (Å²) in [5.74, 6) is 2.23. The summed E-state index contributed by atoms with van der Waals surface area (Å²) >= 11 is 1.67. The predicted molar refractivity (Wildman–Crippen MR) is 88.4 cm³/mol. The Kier molecular flexibility index (Phi) is 5.31. The van der Waals surface area contributed by atoms with E-state index in [-0.39, 0.29) is 0 Å². The third-order valence-electron chi connectivity index (χ3n) is 2.75. The molecule has 0 radical (unpaired) electrons. The quantitative estimate of drug-likeness (QED) is 0.769. The van der Waals surface area contributed by atoms with E-state index in [9.17, 15) is 4.21 Å². The molecule has 1 atom stereocenters. The second kappa shape index (κ2) is 6.99. The molecule has 7 heteroatoms. The monoisotopic (exact) mass is 312 g/mol. The molecule has 0 aliphatic rings. The number of thiophene rings is 1. The third kappa shape index (κ3) is 3.89. The number of nitrogens with one attached hydrogen (secondary N) is 2. The molecule has 0 fully saturated rings. The smallest absolute Gasteiger partial charge is 0.226 e. The van der Waals surface area contributed by atoms with Gasteiger partial charge in [-0.2, -0.15) is 4.98 Å². The zero-order valence-corrected chi connectivity index (χ0v) is 13.7. The molecule has 2 rings (SSSR count). The molecule has 2 N–H and O–H groups in total. The number of anilines is 2. The number of aryl methyl sites for hydroxylation is 1. The van der Waals surface area contributed by atoms with Crippen LogP contribution in [0.15, 0.2) is 6.07 Å². The molecule has 0 spiro atoms. The minimum Gasteiger partial charge on any atom is -0.369 e. The molecule has 0 amide bonds. The highest BCUT2D eigenvalue weighted by molar-refractivity contribution is 7.84. The molecule has 2 aromatic rings. The van der Waals surface area contributed by atoms with Gasteiger partial charge in [-0.05, 0) is 26.3 Å². The lowest BCUT2D eigenvalue weighted by molar-refractivity contribution is 0.685. The van der Waals surface area contributed by atoms with Crippen molar-refractivity contribution in [2.24, 2.45) is 0 Å². The molecule has 0 aliphatic heterocycles. The van der Waals surface area contributed by atoms with Crippen LogP contribution in [0.25, 0.3) is 10.2 Å². The van der Waals surface area contributed by atoms with Gasteiger partial charge in [0.05, 0.1) is 5.39 Å². The maximum atomic E-state index is 11.1. The highest BCUT2D eigenvalue weighted by Crippen LogP contribution is 2.29. The first kappa shape index (κ1) is 15.2. The first-order chi connectivity index (χ1) is 9.60. The summed E-state index contributed by atoms with van der Waals surface area (Å²) in [7, 11) is -0.737. The number of fused-ring (bicyclic) bond motifs is 1. The van der Waals surface area contributed by atoms with Crippen molar-refractivity contribution in [2.75, 3.05) is 35.7 Å². The Balaban J connectivity index is 2.18. The van der Waals surface area contributed by atoms with E-state index in [2.05, 4.69) is 33.6 Å². The van der Waals surface area contributed by atoms with Crippen LogP contribution in [0, 0.1) is 6.92 Å². The van der Waals surface area contributed by atoms with Gasteiger partial charge in [-0.1, -0.05) is 0 Å². The van der Waals surface area contributed by atoms with E-state index < -0.39 is 10.8 Å². The molecular formula is C13H20N4OS2. The van der Waals surface area contributed by atoms with Crippen LogP contribution in [0.5, 0.6) is 0 Å². The van der Waals surface area contributed by atoms with E-state index in [1.807, 2.05) is 6.92 Å². The van der Waals surface area contributed by atoms with E-state index in [1.54, 1.807) is 17.6 Å². The summed E-state index contributed by atoms with van der Waals surface area (Å²) in [6, 6.07) is 2.11. The molecule has 2 aromatic heterocycles. The van der Waals surface area contributed by atoms with E-state index in [0.717, 1.165) is 35.5 Å². The van der Waals surface area contributed by atoms with E-state index >= 15 is 0 Å². The predicted octanol–water partition coefficient (Wildman–Crippen LogP) is 2.61. The Morgan fingerprint density at radius 3 is 2.85 bits per heavy atom. The second-order valence-corrected chi connectivity index (χ2v) is 7.35. The van der Waals surface area contributed by atoms with Crippen molar-refractivity contribution >= 4 is 44.1 Å². The minimum atomic E-state index is -0.737. The van der Waals surface area contributed by atoms with Gasteiger partial charge >= 0.3 is 0 Å². The van der Waals surface area contributed by atoms with Crippen LogP contribution < -0.4 is 10.6 Å². The number of hydrogen-bond acceptors (Lipinski definition) is 6. The summed E-state index contributed by atoms with van der Waals surface area (Å²) < 4.78 is 11.1. The summed E-state index contributed by atoms with van der Waals surface area (Å²) in [6.07, 6.45) is 2.60. The van der Waals surface area contributed by atoms with Gasteiger partial charge in [-0.25, -0.2) is 4.98 Å². The molecule has 0 aliphatic carbocycles. The zero-order chi connectivity index (χ0) is 14.5. The topological polar surface area (TPSA) is 66.9 Å². The van der Waals surface area contributed by atoms with Gasteiger partial charge < -0.3 is 10.6 Å². The van der Waals surface area contributed by atoms with Crippen molar-refractivity contribution < 1.29 is 4.21 Å². The van der Waals surface area contributed by atoms with E-state index in [4.69, 9.17) is 0 Å². The number of nitrogens with zero attached hydrogens (tertiary/aromatic N) is 2. The molecule has 0 saturated heterocycles. The van der Waals surface area contributed by atoms with Crippen LogP contribution in [0.4, 0.5) is 11.8 Å². The van der Waals surface area contributed by atoms with Gasteiger partial charge in [0.15, 0.2) is 0 Å². The van der Waals surface area contributed by atoms with E-state index in [1.165, 1.54) is 4.88 Å². The normalized spacial score (nSPS) is 12.6. The van der Waals surface area contributed by atoms with Crippen molar-refractivity contribution in [1.29, 1.82) is 0 Å². The van der Waals surface area contributed by atoms with Crippen molar-refractivity contribution in [3.8, 4) is 0 Å². The summed E-state index contributed by atoms with van der Waals surface area (Å²) in [4.78, 5) is 11.2. The van der Waals surface area contributed by atoms with Gasteiger partial charge in [0.1, 0.15) is 10.6 Å². The van der Waals surface area contributed by atoms with Crippen LogP contribution >= 0.6 is 11.3 Å². The summed E-state index contributed by atoms with van der Waals surface area (Å²) in [5.41, 5.74) is 0. The Labute approximate surface area is 125 Å². The van der Waals surface area contributed by atoms with Gasteiger partial charge in [0.2, 0.25) is 5.95 Å². The number of aromatic nitrogens is 2. The second-order valence-electron chi connectivity index (χ2n) is 4.56. The molecule has 0 bridgehead atoms. The Morgan fingerprint density at radius 2 is 2.15 bits per heavy atom. The fourth-order valence-electron chi connectivity index (χ4n) is 1.90. The Morgan fingerprint density at radius 1 is 1.35 bits per heavy atom. The van der Waals surface area contributed by atoms with E-state index in [0.29, 0.717) is 11.7 Å². The fourth-order valence-corrected chi connectivity index (χ4v) is 3.33. The molecule has 2 heterocycles. The van der Waals surface area contributed by atoms with Gasteiger partial charge in [-0.3, -0.25) is 4.21 Å². The SMILES string of the molecule is CCNc1nc(NCCCS(C)=O)c2cc(C)sc2n1. The molecule has 1 unspecified atom stereocenters.